The minimum Gasteiger partial charge on any atom is -0.382 e. The van der Waals surface area contributed by atoms with Gasteiger partial charge in [-0.3, -0.25) is 9.78 Å². The quantitative estimate of drug-likeness (QED) is 0.867. The van der Waals surface area contributed by atoms with Crippen molar-refractivity contribution in [3.8, 4) is 0 Å². The lowest BCUT2D eigenvalue weighted by Gasteiger charge is -2.42. The number of aromatic nitrogens is 1. The molecule has 0 N–H and O–H groups in total. The van der Waals surface area contributed by atoms with Gasteiger partial charge in [-0.25, -0.2) is 4.39 Å². The van der Waals surface area contributed by atoms with Crippen LogP contribution in [0.25, 0.3) is 10.9 Å². The zero-order valence-electron chi connectivity index (χ0n) is 14.1. The van der Waals surface area contributed by atoms with Crippen molar-refractivity contribution in [2.75, 3.05) is 26.8 Å². The third-order valence-corrected chi connectivity index (χ3v) is 4.01. The van der Waals surface area contributed by atoms with Gasteiger partial charge in [0.25, 0.3) is 5.91 Å². The van der Waals surface area contributed by atoms with Crippen molar-refractivity contribution in [2.45, 2.75) is 25.6 Å². The Bertz CT molecular complexity index is 763. The fourth-order valence-electron chi connectivity index (χ4n) is 3.13. The molecular weight excluding hydrogens is 311 g/mol. The standard InChI is InChI=1S/C18H21FN2O3/c1-18(2)11-21(9-15(24-18)10-23-3)17(22)13-6-12-7-14(19)4-5-16(12)20-8-13/h4-8,15H,9-11H2,1-3H3/t15-/m1/s1. The van der Waals surface area contributed by atoms with E-state index in [0.29, 0.717) is 36.2 Å². The summed E-state index contributed by atoms with van der Waals surface area (Å²) in [7, 11) is 1.61. The molecule has 24 heavy (non-hydrogen) atoms. The fraction of sp³-hybridized carbons (Fsp3) is 0.444. The van der Waals surface area contributed by atoms with Gasteiger partial charge in [0.1, 0.15) is 5.82 Å². The molecule has 0 bridgehead atoms. The van der Waals surface area contributed by atoms with Gasteiger partial charge in [0.15, 0.2) is 0 Å². The second-order valence-electron chi connectivity index (χ2n) is 6.70. The van der Waals surface area contributed by atoms with Crippen LogP contribution in [0.2, 0.25) is 0 Å². The summed E-state index contributed by atoms with van der Waals surface area (Å²) >= 11 is 0. The summed E-state index contributed by atoms with van der Waals surface area (Å²) in [6.07, 6.45) is 1.37. The lowest BCUT2D eigenvalue weighted by atomic mass is 10.0. The molecule has 1 amide bonds. The van der Waals surface area contributed by atoms with E-state index < -0.39 is 5.60 Å². The van der Waals surface area contributed by atoms with Crippen molar-refractivity contribution in [2.24, 2.45) is 0 Å². The normalized spacial score (nSPS) is 20.3. The van der Waals surface area contributed by atoms with Crippen molar-refractivity contribution in [3.05, 3.63) is 41.8 Å². The van der Waals surface area contributed by atoms with Crippen LogP contribution in [0, 0.1) is 5.82 Å². The van der Waals surface area contributed by atoms with E-state index in [-0.39, 0.29) is 17.8 Å². The second-order valence-corrected chi connectivity index (χ2v) is 6.70. The molecule has 0 spiro atoms. The van der Waals surface area contributed by atoms with E-state index in [9.17, 15) is 9.18 Å². The summed E-state index contributed by atoms with van der Waals surface area (Å²) in [6, 6.07) is 6.03. The average molecular weight is 332 g/mol. The summed E-state index contributed by atoms with van der Waals surface area (Å²) in [5, 5.41) is 0.613. The van der Waals surface area contributed by atoms with Crippen LogP contribution in [-0.2, 0) is 9.47 Å². The summed E-state index contributed by atoms with van der Waals surface area (Å²) in [5.74, 6) is -0.479. The summed E-state index contributed by atoms with van der Waals surface area (Å²) in [5.41, 5.74) is 0.655. The molecule has 1 aromatic heterocycles. The maximum Gasteiger partial charge on any atom is 0.255 e. The number of ether oxygens (including phenoxy) is 2. The van der Waals surface area contributed by atoms with Crippen molar-refractivity contribution in [1.82, 2.24) is 9.88 Å². The van der Waals surface area contributed by atoms with Crippen LogP contribution in [0.3, 0.4) is 0 Å². The maximum atomic E-state index is 13.4. The molecular formula is C18H21FN2O3. The number of hydrogen-bond acceptors (Lipinski definition) is 4. The molecule has 2 aromatic rings. The number of pyridine rings is 1. The first-order valence-electron chi connectivity index (χ1n) is 7.89. The summed E-state index contributed by atoms with van der Waals surface area (Å²) in [6.45, 7) is 5.26. The van der Waals surface area contributed by atoms with Crippen LogP contribution < -0.4 is 0 Å². The molecule has 0 saturated carbocycles. The number of benzene rings is 1. The molecule has 0 aliphatic carbocycles. The molecule has 1 aliphatic heterocycles. The molecule has 6 heteroatoms. The predicted molar refractivity (Wildman–Crippen MR) is 88.4 cm³/mol. The van der Waals surface area contributed by atoms with Gasteiger partial charge >= 0.3 is 0 Å². The van der Waals surface area contributed by atoms with Gasteiger partial charge in [-0.15, -0.1) is 0 Å². The number of hydrogen-bond donors (Lipinski definition) is 0. The molecule has 1 aromatic carbocycles. The van der Waals surface area contributed by atoms with E-state index in [1.807, 2.05) is 13.8 Å². The molecule has 1 aliphatic rings. The molecule has 5 nitrogen and oxygen atoms in total. The number of amides is 1. The van der Waals surface area contributed by atoms with E-state index >= 15 is 0 Å². The van der Waals surface area contributed by atoms with Crippen LogP contribution in [-0.4, -0.2) is 54.3 Å². The minimum absolute atomic E-state index is 0.133. The minimum atomic E-state index is -0.451. The average Bonchev–Trinajstić information content (AvgIpc) is 2.52. The first-order valence-corrected chi connectivity index (χ1v) is 7.89. The van der Waals surface area contributed by atoms with Crippen LogP contribution in [0.5, 0.6) is 0 Å². The number of carbonyl (C=O) groups excluding carboxylic acids is 1. The number of methoxy groups -OCH3 is 1. The summed E-state index contributed by atoms with van der Waals surface area (Å²) in [4.78, 5) is 18.9. The summed E-state index contributed by atoms with van der Waals surface area (Å²) < 4.78 is 24.5. The second kappa shape index (κ2) is 6.45. The Morgan fingerprint density at radius 1 is 1.46 bits per heavy atom. The Morgan fingerprint density at radius 2 is 2.25 bits per heavy atom. The Balaban J connectivity index is 1.87. The Hall–Kier alpha value is -2.05. The monoisotopic (exact) mass is 332 g/mol. The number of carbonyl (C=O) groups is 1. The number of fused-ring (bicyclic) bond motifs is 1. The van der Waals surface area contributed by atoms with Crippen molar-refractivity contribution < 1.29 is 18.7 Å². The Morgan fingerprint density at radius 3 is 3.00 bits per heavy atom. The maximum absolute atomic E-state index is 13.4. The van der Waals surface area contributed by atoms with Crippen LogP contribution in [0.15, 0.2) is 30.5 Å². The van der Waals surface area contributed by atoms with E-state index in [2.05, 4.69) is 4.98 Å². The number of halogens is 1. The highest BCUT2D eigenvalue weighted by Gasteiger charge is 2.36. The highest BCUT2D eigenvalue weighted by molar-refractivity contribution is 5.97. The third-order valence-electron chi connectivity index (χ3n) is 4.01. The van der Waals surface area contributed by atoms with Crippen LogP contribution in [0.4, 0.5) is 4.39 Å². The smallest absolute Gasteiger partial charge is 0.255 e. The van der Waals surface area contributed by atoms with Crippen molar-refractivity contribution in [3.63, 3.8) is 0 Å². The third kappa shape index (κ3) is 3.55. The van der Waals surface area contributed by atoms with Gasteiger partial charge in [-0.1, -0.05) is 0 Å². The topological polar surface area (TPSA) is 51.7 Å². The van der Waals surface area contributed by atoms with Gasteiger partial charge in [0.05, 0.1) is 29.4 Å². The van der Waals surface area contributed by atoms with Gasteiger partial charge in [-0.2, -0.15) is 0 Å². The first kappa shape index (κ1) is 16.8. The van der Waals surface area contributed by atoms with Gasteiger partial charge in [0.2, 0.25) is 0 Å². The Labute approximate surface area is 140 Å². The van der Waals surface area contributed by atoms with E-state index in [0.717, 1.165) is 0 Å². The van der Waals surface area contributed by atoms with Crippen LogP contribution in [0.1, 0.15) is 24.2 Å². The highest BCUT2D eigenvalue weighted by atomic mass is 19.1. The number of morpholine rings is 1. The molecule has 1 fully saturated rings. The van der Waals surface area contributed by atoms with Gasteiger partial charge in [0, 0.05) is 31.8 Å². The molecule has 0 radical (unpaired) electrons. The molecule has 1 atom stereocenters. The molecule has 3 rings (SSSR count). The van der Waals surface area contributed by atoms with Crippen LogP contribution >= 0.6 is 0 Å². The lowest BCUT2D eigenvalue weighted by Crippen LogP contribution is -2.55. The van der Waals surface area contributed by atoms with Gasteiger partial charge in [-0.05, 0) is 38.1 Å². The van der Waals surface area contributed by atoms with Crippen molar-refractivity contribution in [1.29, 1.82) is 0 Å². The largest absolute Gasteiger partial charge is 0.382 e. The predicted octanol–water partition coefficient (Wildman–Crippen LogP) is 2.64. The van der Waals surface area contributed by atoms with Gasteiger partial charge < -0.3 is 14.4 Å². The first-order chi connectivity index (χ1) is 11.4. The highest BCUT2D eigenvalue weighted by Crippen LogP contribution is 2.23. The molecule has 2 heterocycles. The fourth-order valence-corrected chi connectivity index (χ4v) is 3.13. The molecule has 1 saturated heterocycles. The molecule has 0 unspecified atom stereocenters. The number of rotatable bonds is 3. The van der Waals surface area contributed by atoms with E-state index in [4.69, 9.17) is 9.47 Å². The zero-order valence-corrected chi connectivity index (χ0v) is 14.1. The Kier molecular flexibility index (Phi) is 4.51. The zero-order chi connectivity index (χ0) is 17.3. The van der Waals surface area contributed by atoms with E-state index in [1.54, 1.807) is 24.1 Å². The number of nitrogens with zero attached hydrogens (tertiary/aromatic N) is 2. The SMILES string of the molecule is COC[C@H]1CN(C(=O)c2cnc3ccc(F)cc3c2)CC(C)(C)O1. The lowest BCUT2D eigenvalue weighted by molar-refractivity contribution is -0.143. The van der Waals surface area contributed by atoms with Crippen molar-refractivity contribution >= 4 is 16.8 Å². The van der Waals surface area contributed by atoms with E-state index in [1.165, 1.54) is 18.3 Å². The molecule has 128 valence electrons.